The molecular weight excluding hydrogens is 488 g/mol. The number of amides is 2. The van der Waals surface area contributed by atoms with Crippen LogP contribution in [0, 0.1) is 11.3 Å². The third-order valence-corrected chi connectivity index (χ3v) is 7.10. The third kappa shape index (κ3) is 6.47. The molecular formula is C32H36N4O3. The van der Waals surface area contributed by atoms with Crippen LogP contribution in [-0.2, 0) is 11.2 Å². The van der Waals surface area contributed by atoms with Crippen LogP contribution in [0.25, 0.3) is 0 Å². The van der Waals surface area contributed by atoms with Crippen LogP contribution in [0.5, 0.6) is 11.5 Å². The van der Waals surface area contributed by atoms with Crippen molar-refractivity contribution in [2.75, 3.05) is 19.6 Å². The number of nitriles is 1. The number of carbonyl (C=O) groups is 2. The molecule has 1 atom stereocenters. The van der Waals surface area contributed by atoms with Crippen LogP contribution in [0.15, 0.2) is 72.8 Å². The van der Waals surface area contributed by atoms with Gasteiger partial charge in [0.1, 0.15) is 17.5 Å². The number of para-hydroxylation sites is 1. The Morgan fingerprint density at radius 3 is 2.38 bits per heavy atom. The molecule has 1 aliphatic heterocycles. The van der Waals surface area contributed by atoms with Gasteiger partial charge < -0.3 is 15.0 Å². The number of fused-ring (bicyclic) bond motifs is 1. The third-order valence-electron chi connectivity index (χ3n) is 7.10. The van der Waals surface area contributed by atoms with Gasteiger partial charge in [0.25, 0.3) is 5.91 Å². The highest BCUT2D eigenvalue weighted by Crippen LogP contribution is 2.35. The molecule has 3 aromatic rings. The predicted molar refractivity (Wildman–Crippen MR) is 152 cm³/mol. The zero-order chi connectivity index (χ0) is 27.9. The minimum absolute atomic E-state index is 0.233. The molecule has 202 valence electrons. The zero-order valence-corrected chi connectivity index (χ0v) is 23.1. The molecule has 2 amide bonds. The SMILES string of the molecule is CC(C)N(CCNC(=O)C1c2ccc(Oc3ccccc3)cc2CCN1C(=O)c1ccccc1C#N)C(C)C. The molecule has 7 nitrogen and oxygen atoms in total. The lowest BCUT2D eigenvalue weighted by molar-refractivity contribution is -0.126. The van der Waals surface area contributed by atoms with Gasteiger partial charge >= 0.3 is 0 Å². The van der Waals surface area contributed by atoms with E-state index in [-0.39, 0.29) is 11.8 Å². The van der Waals surface area contributed by atoms with E-state index in [1.807, 2.05) is 48.5 Å². The summed E-state index contributed by atoms with van der Waals surface area (Å²) in [7, 11) is 0. The van der Waals surface area contributed by atoms with Crippen molar-refractivity contribution < 1.29 is 14.3 Å². The van der Waals surface area contributed by atoms with Gasteiger partial charge in [-0.25, -0.2) is 0 Å². The Kier molecular flexibility index (Phi) is 9.00. The zero-order valence-electron chi connectivity index (χ0n) is 23.1. The van der Waals surface area contributed by atoms with E-state index in [2.05, 4.69) is 44.0 Å². The van der Waals surface area contributed by atoms with E-state index in [1.54, 1.807) is 29.2 Å². The molecule has 0 aromatic heterocycles. The first-order valence-corrected chi connectivity index (χ1v) is 13.5. The number of carbonyl (C=O) groups excluding carboxylic acids is 2. The van der Waals surface area contributed by atoms with Crippen molar-refractivity contribution in [1.82, 2.24) is 15.1 Å². The summed E-state index contributed by atoms with van der Waals surface area (Å²) in [6, 6.07) is 23.9. The van der Waals surface area contributed by atoms with Crippen LogP contribution in [0.1, 0.15) is 60.8 Å². The van der Waals surface area contributed by atoms with Gasteiger partial charge in [0, 0.05) is 31.7 Å². The van der Waals surface area contributed by atoms with Crippen LogP contribution in [0.4, 0.5) is 0 Å². The molecule has 0 radical (unpaired) electrons. The van der Waals surface area contributed by atoms with Gasteiger partial charge in [0.15, 0.2) is 0 Å². The lowest BCUT2D eigenvalue weighted by Gasteiger charge is -2.37. The number of nitrogens with zero attached hydrogens (tertiary/aromatic N) is 3. The summed E-state index contributed by atoms with van der Waals surface area (Å²) in [5.74, 6) is 0.849. The summed E-state index contributed by atoms with van der Waals surface area (Å²) >= 11 is 0. The average molecular weight is 525 g/mol. The van der Waals surface area contributed by atoms with Crippen molar-refractivity contribution in [3.63, 3.8) is 0 Å². The summed E-state index contributed by atoms with van der Waals surface area (Å²) in [6.45, 7) is 10.1. The molecule has 1 unspecified atom stereocenters. The van der Waals surface area contributed by atoms with Crippen molar-refractivity contribution in [3.05, 3.63) is 95.1 Å². The van der Waals surface area contributed by atoms with Crippen molar-refractivity contribution in [2.45, 2.75) is 52.2 Å². The quantitative estimate of drug-likeness (QED) is 0.409. The Balaban J connectivity index is 1.63. The molecule has 1 heterocycles. The highest BCUT2D eigenvalue weighted by atomic mass is 16.5. The van der Waals surface area contributed by atoms with Crippen molar-refractivity contribution in [1.29, 1.82) is 5.26 Å². The monoisotopic (exact) mass is 524 g/mol. The van der Waals surface area contributed by atoms with E-state index in [0.29, 0.717) is 55.0 Å². The lowest BCUT2D eigenvalue weighted by Crippen LogP contribution is -2.49. The number of hydrogen-bond donors (Lipinski definition) is 1. The summed E-state index contributed by atoms with van der Waals surface area (Å²) in [5.41, 5.74) is 2.33. The first-order valence-electron chi connectivity index (χ1n) is 13.5. The molecule has 0 aliphatic carbocycles. The van der Waals surface area contributed by atoms with E-state index in [1.165, 1.54) is 0 Å². The molecule has 4 rings (SSSR count). The summed E-state index contributed by atoms with van der Waals surface area (Å²) in [4.78, 5) is 31.4. The van der Waals surface area contributed by atoms with E-state index < -0.39 is 6.04 Å². The van der Waals surface area contributed by atoms with Crippen molar-refractivity contribution in [2.24, 2.45) is 0 Å². The molecule has 1 N–H and O–H groups in total. The minimum Gasteiger partial charge on any atom is -0.457 e. The molecule has 7 heteroatoms. The normalized spacial score (nSPS) is 14.7. The highest BCUT2D eigenvalue weighted by Gasteiger charge is 2.37. The standard InChI is InChI=1S/C32H36N4O3/c1-22(2)35(23(3)4)19-17-34-31(37)30-28-15-14-27(39-26-11-6-5-7-12-26)20-24(28)16-18-36(30)32(38)29-13-9-8-10-25(29)21-33/h5-15,20,22-23,30H,16-19H2,1-4H3,(H,34,37). The smallest absolute Gasteiger partial charge is 0.256 e. The fourth-order valence-electron chi connectivity index (χ4n) is 5.23. The Morgan fingerprint density at radius 2 is 1.69 bits per heavy atom. The Hall–Kier alpha value is -4.15. The van der Waals surface area contributed by atoms with Crippen LogP contribution in [0.3, 0.4) is 0 Å². The first-order chi connectivity index (χ1) is 18.8. The molecule has 0 saturated heterocycles. The van der Waals surface area contributed by atoms with E-state index in [9.17, 15) is 14.9 Å². The first kappa shape index (κ1) is 27.9. The maximum Gasteiger partial charge on any atom is 0.256 e. The minimum atomic E-state index is -0.815. The number of ether oxygens (including phenoxy) is 1. The molecule has 0 saturated carbocycles. The number of benzene rings is 3. The number of hydrogen-bond acceptors (Lipinski definition) is 5. The Bertz CT molecular complexity index is 1340. The van der Waals surface area contributed by atoms with Crippen molar-refractivity contribution in [3.8, 4) is 17.6 Å². The topological polar surface area (TPSA) is 85.7 Å². The second-order valence-electron chi connectivity index (χ2n) is 10.3. The van der Waals surface area contributed by atoms with Gasteiger partial charge in [0.2, 0.25) is 5.91 Å². The molecule has 0 spiro atoms. The van der Waals surface area contributed by atoms with Crippen LogP contribution >= 0.6 is 0 Å². The summed E-state index contributed by atoms with van der Waals surface area (Å²) < 4.78 is 6.03. The van der Waals surface area contributed by atoms with Gasteiger partial charge in [-0.3, -0.25) is 14.5 Å². The second-order valence-corrected chi connectivity index (χ2v) is 10.3. The highest BCUT2D eigenvalue weighted by molar-refractivity contribution is 6.00. The maximum atomic E-state index is 13.7. The molecule has 0 bridgehead atoms. The van der Waals surface area contributed by atoms with Crippen LogP contribution in [0.2, 0.25) is 0 Å². The second kappa shape index (κ2) is 12.6. The van der Waals surface area contributed by atoms with Crippen LogP contribution in [-0.4, -0.2) is 53.3 Å². The van der Waals surface area contributed by atoms with E-state index in [0.717, 1.165) is 16.9 Å². The predicted octanol–water partition coefficient (Wildman–Crippen LogP) is 5.33. The lowest BCUT2D eigenvalue weighted by atomic mass is 9.90. The van der Waals surface area contributed by atoms with Crippen molar-refractivity contribution >= 4 is 11.8 Å². The van der Waals surface area contributed by atoms with E-state index in [4.69, 9.17) is 4.74 Å². The maximum absolute atomic E-state index is 13.7. The Morgan fingerprint density at radius 1 is 1.00 bits per heavy atom. The van der Waals surface area contributed by atoms with Gasteiger partial charge in [-0.2, -0.15) is 5.26 Å². The molecule has 1 aliphatic rings. The molecule has 39 heavy (non-hydrogen) atoms. The van der Waals surface area contributed by atoms with Gasteiger partial charge in [-0.05, 0) is 81.6 Å². The molecule has 0 fully saturated rings. The average Bonchev–Trinajstić information content (AvgIpc) is 2.94. The van der Waals surface area contributed by atoms with Gasteiger partial charge in [0.05, 0.1) is 17.2 Å². The summed E-state index contributed by atoms with van der Waals surface area (Å²) in [5, 5.41) is 12.7. The van der Waals surface area contributed by atoms with Crippen LogP contribution < -0.4 is 10.1 Å². The summed E-state index contributed by atoms with van der Waals surface area (Å²) in [6.07, 6.45) is 0.569. The van der Waals surface area contributed by atoms with Gasteiger partial charge in [-0.15, -0.1) is 0 Å². The van der Waals surface area contributed by atoms with E-state index >= 15 is 0 Å². The fourth-order valence-corrected chi connectivity index (χ4v) is 5.23. The largest absolute Gasteiger partial charge is 0.457 e. The number of nitrogens with one attached hydrogen (secondary N) is 1. The van der Waals surface area contributed by atoms with Gasteiger partial charge in [-0.1, -0.05) is 36.4 Å². The fraction of sp³-hybridized carbons (Fsp3) is 0.344. The molecule has 3 aromatic carbocycles. The number of rotatable bonds is 9. The Labute approximate surface area is 231 Å².